The first-order chi connectivity index (χ1) is 14.6. The van der Waals surface area contributed by atoms with Crippen molar-refractivity contribution in [1.29, 1.82) is 0 Å². The standard InChI is InChI=1S/C20H17FN6O3/c1-26(20(28)29-2)14-10-22-19(23-11-14)17-9-18(16-7-8-30-25-16)27(24-17)12-13-5-3-4-6-15(13)21/h3-11H,12H2,1-2H3. The molecule has 3 heterocycles. The Morgan fingerprint density at radius 1 is 1.20 bits per heavy atom. The van der Waals surface area contributed by atoms with Gasteiger partial charge in [-0.05, 0) is 12.1 Å². The molecule has 0 unspecified atom stereocenters. The Morgan fingerprint density at radius 2 is 1.97 bits per heavy atom. The van der Waals surface area contributed by atoms with Gasteiger partial charge in [0.2, 0.25) is 0 Å². The van der Waals surface area contributed by atoms with Crippen LogP contribution in [-0.2, 0) is 11.3 Å². The van der Waals surface area contributed by atoms with Gasteiger partial charge in [-0.2, -0.15) is 5.10 Å². The van der Waals surface area contributed by atoms with Gasteiger partial charge >= 0.3 is 6.09 Å². The first kappa shape index (κ1) is 19.2. The molecule has 3 aromatic heterocycles. The summed E-state index contributed by atoms with van der Waals surface area (Å²) >= 11 is 0. The fraction of sp³-hybridized carbons (Fsp3) is 0.150. The van der Waals surface area contributed by atoms with Gasteiger partial charge in [-0.3, -0.25) is 9.58 Å². The smallest absolute Gasteiger partial charge is 0.413 e. The van der Waals surface area contributed by atoms with Gasteiger partial charge in [0, 0.05) is 18.7 Å². The number of nitrogens with zero attached hydrogens (tertiary/aromatic N) is 6. The van der Waals surface area contributed by atoms with Crippen molar-refractivity contribution in [3.63, 3.8) is 0 Å². The maximum Gasteiger partial charge on any atom is 0.413 e. The molecular formula is C20H17FN6O3. The molecule has 0 N–H and O–H groups in total. The van der Waals surface area contributed by atoms with E-state index in [-0.39, 0.29) is 12.4 Å². The quantitative estimate of drug-likeness (QED) is 0.499. The van der Waals surface area contributed by atoms with E-state index in [4.69, 9.17) is 4.52 Å². The lowest BCUT2D eigenvalue weighted by Gasteiger charge is -2.14. The van der Waals surface area contributed by atoms with Crippen LogP contribution >= 0.6 is 0 Å². The van der Waals surface area contributed by atoms with Crippen molar-refractivity contribution in [3.8, 4) is 22.9 Å². The van der Waals surface area contributed by atoms with Crippen LogP contribution in [0.1, 0.15) is 5.56 Å². The third-order valence-electron chi connectivity index (χ3n) is 4.46. The monoisotopic (exact) mass is 408 g/mol. The summed E-state index contributed by atoms with van der Waals surface area (Å²) in [7, 11) is 2.84. The second kappa shape index (κ2) is 8.11. The maximum absolute atomic E-state index is 14.2. The zero-order valence-corrected chi connectivity index (χ0v) is 16.2. The number of amides is 1. The molecule has 0 saturated heterocycles. The van der Waals surface area contributed by atoms with Crippen LogP contribution in [0.5, 0.6) is 0 Å². The third kappa shape index (κ3) is 3.75. The highest BCUT2D eigenvalue weighted by Gasteiger charge is 2.18. The second-order valence-corrected chi connectivity index (χ2v) is 6.34. The zero-order chi connectivity index (χ0) is 21.1. The van der Waals surface area contributed by atoms with Gasteiger partial charge in [-0.1, -0.05) is 23.4 Å². The molecule has 152 valence electrons. The summed E-state index contributed by atoms with van der Waals surface area (Å²) in [4.78, 5) is 21.5. The van der Waals surface area contributed by atoms with Crippen molar-refractivity contribution in [2.45, 2.75) is 6.54 Å². The van der Waals surface area contributed by atoms with Gasteiger partial charge in [-0.15, -0.1) is 0 Å². The van der Waals surface area contributed by atoms with E-state index in [0.717, 1.165) is 0 Å². The molecule has 4 aromatic rings. The lowest BCUT2D eigenvalue weighted by Crippen LogP contribution is -2.26. The minimum Gasteiger partial charge on any atom is -0.452 e. The number of hydrogen-bond donors (Lipinski definition) is 0. The lowest BCUT2D eigenvalue weighted by molar-refractivity contribution is 0.180. The van der Waals surface area contributed by atoms with E-state index >= 15 is 0 Å². The van der Waals surface area contributed by atoms with Crippen LogP contribution in [0.25, 0.3) is 22.9 Å². The average Bonchev–Trinajstić information content (AvgIpc) is 3.44. The second-order valence-electron chi connectivity index (χ2n) is 6.34. The van der Waals surface area contributed by atoms with Crippen LogP contribution in [0.15, 0.2) is 59.6 Å². The molecule has 0 aliphatic heterocycles. The van der Waals surface area contributed by atoms with E-state index in [1.807, 2.05) is 0 Å². The van der Waals surface area contributed by atoms with Crippen molar-refractivity contribution in [2.24, 2.45) is 0 Å². The number of rotatable bonds is 5. The Kier molecular flexibility index (Phi) is 5.21. The van der Waals surface area contributed by atoms with Crippen LogP contribution in [-0.4, -0.2) is 45.2 Å². The minimum absolute atomic E-state index is 0.192. The molecule has 0 saturated carbocycles. The Balaban J connectivity index is 1.69. The molecule has 0 fully saturated rings. The van der Waals surface area contributed by atoms with Gasteiger partial charge < -0.3 is 9.26 Å². The number of carbonyl (C=O) groups excluding carboxylic acids is 1. The molecule has 0 atom stereocenters. The van der Waals surface area contributed by atoms with E-state index in [2.05, 4.69) is 25.0 Å². The Labute approximate surface area is 170 Å². The van der Waals surface area contributed by atoms with E-state index in [1.54, 1.807) is 42.1 Å². The largest absolute Gasteiger partial charge is 0.452 e. The van der Waals surface area contributed by atoms with Gasteiger partial charge in [0.25, 0.3) is 0 Å². The Morgan fingerprint density at radius 3 is 2.63 bits per heavy atom. The summed E-state index contributed by atoms with van der Waals surface area (Å²) in [6.07, 6.45) is 3.90. The molecule has 0 aliphatic carbocycles. The summed E-state index contributed by atoms with van der Waals surface area (Å²) in [6.45, 7) is 0.192. The van der Waals surface area contributed by atoms with Crippen molar-refractivity contribution < 1.29 is 18.4 Å². The molecule has 9 nitrogen and oxygen atoms in total. The summed E-state index contributed by atoms with van der Waals surface area (Å²) in [5, 5.41) is 8.49. The maximum atomic E-state index is 14.2. The number of aromatic nitrogens is 5. The number of anilines is 1. The van der Waals surface area contributed by atoms with Gasteiger partial charge in [0.1, 0.15) is 23.5 Å². The molecule has 10 heteroatoms. The van der Waals surface area contributed by atoms with Crippen LogP contribution in [0.3, 0.4) is 0 Å². The van der Waals surface area contributed by atoms with Crippen LogP contribution in [0.4, 0.5) is 14.9 Å². The molecule has 30 heavy (non-hydrogen) atoms. The highest BCUT2D eigenvalue weighted by atomic mass is 19.1. The van der Waals surface area contributed by atoms with Crippen molar-refractivity contribution in [3.05, 3.63) is 66.4 Å². The van der Waals surface area contributed by atoms with E-state index < -0.39 is 6.09 Å². The van der Waals surface area contributed by atoms with Crippen LogP contribution in [0, 0.1) is 5.82 Å². The third-order valence-corrected chi connectivity index (χ3v) is 4.46. The number of hydrogen-bond acceptors (Lipinski definition) is 7. The predicted molar refractivity (Wildman–Crippen MR) is 105 cm³/mol. The molecular weight excluding hydrogens is 391 g/mol. The first-order valence-electron chi connectivity index (χ1n) is 8.93. The molecule has 0 radical (unpaired) electrons. The molecule has 0 aliphatic rings. The molecule has 4 rings (SSSR count). The highest BCUT2D eigenvalue weighted by molar-refractivity contribution is 5.86. The van der Waals surface area contributed by atoms with E-state index in [1.165, 1.54) is 36.7 Å². The highest BCUT2D eigenvalue weighted by Crippen LogP contribution is 2.25. The first-order valence-corrected chi connectivity index (χ1v) is 8.93. The zero-order valence-electron chi connectivity index (χ0n) is 16.2. The average molecular weight is 408 g/mol. The molecule has 1 aromatic carbocycles. The topological polar surface area (TPSA) is 99.2 Å². The summed E-state index contributed by atoms with van der Waals surface area (Å²) in [6, 6.07) is 9.92. The number of halogens is 1. The van der Waals surface area contributed by atoms with Crippen LogP contribution < -0.4 is 4.90 Å². The molecule has 1 amide bonds. The van der Waals surface area contributed by atoms with Crippen molar-refractivity contribution in [1.82, 2.24) is 24.9 Å². The number of benzene rings is 1. The van der Waals surface area contributed by atoms with E-state index in [9.17, 15) is 9.18 Å². The number of ether oxygens (including phenoxy) is 1. The normalized spacial score (nSPS) is 10.8. The number of carbonyl (C=O) groups is 1. The molecule has 0 spiro atoms. The van der Waals surface area contributed by atoms with Gasteiger partial charge in [-0.25, -0.2) is 19.2 Å². The summed E-state index contributed by atoms with van der Waals surface area (Å²) < 4.78 is 25.4. The van der Waals surface area contributed by atoms with Crippen LogP contribution in [0.2, 0.25) is 0 Å². The lowest BCUT2D eigenvalue weighted by atomic mass is 10.2. The van der Waals surface area contributed by atoms with Gasteiger partial charge in [0.15, 0.2) is 5.82 Å². The van der Waals surface area contributed by atoms with Crippen molar-refractivity contribution in [2.75, 3.05) is 19.1 Å². The fourth-order valence-electron chi connectivity index (χ4n) is 2.85. The SMILES string of the molecule is COC(=O)N(C)c1cnc(-c2cc(-c3ccon3)n(Cc3ccccc3F)n2)nc1. The predicted octanol–water partition coefficient (Wildman–Crippen LogP) is 3.39. The fourth-order valence-corrected chi connectivity index (χ4v) is 2.85. The van der Waals surface area contributed by atoms with Crippen molar-refractivity contribution >= 4 is 11.8 Å². The summed E-state index contributed by atoms with van der Waals surface area (Å²) in [5.74, 6) is 0.0150. The Bertz CT molecular complexity index is 1160. The Hall–Kier alpha value is -4.08. The van der Waals surface area contributed by atoms with Gasteiger partial charge in [0.05, 0.1) is 37.4 Å². The number of methoxy groups -OCH3 is 1. The minimum atomic E-state index is -0.533. The van der Waals surface area contributed by atoms with E-state index in [0.29, 0.717) is 34.2 Å². The molecule has 0 bridgehead atoms. The summed E-state index contributed by atoms with van der Waals surface area (Å²) in [5.41, 5.74) is 2.59.